The van der Waals surface area contributed by atoms with Crippen LogP contribution in [0.25, 0.3) is 10.9 Å². The second-order valence-corrected chi connectivity index (χ2v) is 3.34. The van der Waals surface area contributed by atoms with Gasteiger partial charge in [-0.3, -0.25) is 0 Å². The van der Waals surface area contributed by atoms with Gasteiger partial charge in [0.05, 0.1) is 16.1 Å². The number of aromatic nitrogens is 1. The van der Waals surface area contributed by atoms with Gasteiger partial charge in [0.15, 0.2) is 0 Å². The van der Waals surface area contributed by atoms with E-state index in [9.17, 15) is 0 Å². The highest BCUT2D eigenvalue weighted by Crippen LogP contribution is 2.28. The van der Waals surface area contributed by atoms with Gasteiger partial charge in [0.1, 0.15) is 6.07 Å². The van der Waals surface area contributed by atoms with Crippen molar-refractivity contribution >= 4 is 22.5 Å². The lowest BCUT2D eigenvalue weighted by atomic mass is 10.1. The highest BCUT2D eigenvalue weighted by molar-refractivity contribution is 6.36. The molecule has 0 fully saturated rings. The first-order chi connectivity index (χ1) is 6.24. The van der Waals surface area contributed by atoms with Crippen molar-refractivity contribution < 1.29 is 0 Å². The highest BCUT2D eigenvalue weighted by Gasteiger charge is 2.08. The lowest BCUT2D eigenvalue weighted by molar-refractivity contribution is 1.41. The van der Waals surface area contributed by atoms with Crippen molar-refractivity contribution in [2.24, 2.45) is 0 Å². The monoisotopic (exact) mass is 190 g/mol. The summed E-state index contributed by atoms with van der Waals surface area (Å²) in [4.78, 5) is 3.04. The Kier molecular flexibility index (Phi) is 1.75. The van der Waals surface area contributed by atoms with E-state index >= 15 is 0 Å². The zero-order valence-electron chi connectivity index (χ0n) is 7.06. The van der Waals surface area contributed by atoms with Gasteiger partial charge in [0.2, 0.25) is 0 Å². The molecule has 0 saturated carbocycles. The normalized spacial score (nSPS) is 10.2. The van der Waals surface area contributed by atoms with Crippen LogP contribution in [0.3, 0.4) is 0 Å². The van der Waals surface area contributed by atoms with Gasteiger partial charge in [-0.15, -0.1) is 0 Å². The minimum absolute atomic E-state index is 0.601. The third-order valence-electron chi connectivity index (χ3n) is 2.11. The fourth-order valence-electron chi connectivity index (χ4n) is 1.44. The van der Waals surface area contributed by atoms with Crippen LogP contribution in [0.1, 0.15) is 11.1 Å². The summed E-state index contributed by atoms with van der Waals surface area (Å²) in [5.41, 5.74) is 2.65. The third-order valence-corrected chi connectivity index (χ3v) is 2.43. The van der Waals surface area contributed by atoms with Crippen LogP contribution in [0.2, 0.25) is 5.02 Å². The number of benzene rings is 1. The van der Waals surface area contributed by atoms with Crippen molar-refractivity contribution in [2.75, 3.05) is 0 Å². The first kappa shape index (κ1) is 8.15. The zero-order chi connectivity index (χ0) is 9.42. The topological polar surface area (TPSA) is 39.6 Å². The van der Waals surface area contributed by atoms with Gasteiger partial charge in [0.25, 0.3) is 0 Å². The standard InChI is InChI=1S/C10H7ClN2/c1-6-2-3-8(11)9-7(4-12)5-13-10(6)9/h2-3,5,13H,1H3. The molecule has 64 valence electrons. The Labute approximate surface area is 80.7 Å². The van der Waals surface area contributed by atoms with E-state index in [2.05, 4.69) is 11.1 Å². The quantitative estimate of drug-likeness (QED) is 0.682. The molecule has 0 bridgehead atoms. The number of hydrogen-bond acceptors (Lipinski definition) is 1. The van der Waals surface area contributed by atoms with Crippen LogP contribution in [0, 0.1) is 18.3 Å². The molecule has 0 aliphatic heterocycles. The Balaban J connectivity index is 2.98. The molecule has 1 N–H and O–H groups in total. The average Bonchev–Trinajstić information content (AvgIpc) is 2.56. The van der Waals surface area contributed by atoms with Gasteiger partial charge in [-0.1, -0.05) is 17.7 Å². The Bertz CT molecular complexity index is 505. The van der Waals surface area contributed by atoms with E-state index in [0.29, 0.717) is 10.6 Å². The van der Waals surface area contributed by atoms with Crippen molar-refractivity contribution in [3.63, 3.8) is 0 Å². The van der Waals surface area contributed by atoms with E-state index in [1.807, 2.05) is 19.1 Å². The summed E-state index contributed by atoms with van der Waals surface area (Å²) in [6.07, 6.45) is 1.68. The number of hydrogen-bond donors (Lipinski definition) is 1. The molecule has 2 rings (SSSR count). The lowest BCUT2D eigenvalue weighted by Gasteiger charge is -1.97. The van der Waals surface area contributed by atoms with Crippen LogP contribution < -0.4 is 0 Å². The predicted molar refractivity (Wildman–Crippen MR) is 52.8 cm³/mol. The SMILES string of the molecule is Cc1ccc(Cl)c2c(C#N)c[nH]c12. The van der Waals surface area contributed by atoms with Gasteiger partial charge in [0, 0.05) is 11.6 Å². The van der Waals surface area contributed by atoms with Crippen LogP contribution in [-0.2, 0) is 0 Å². The van der Waals surface area contributed by atoms with E-state index in [0.717, 1.165) is 16.5 Å². The average molecular weight is 191 g/mol. The molecule has 2 nitrogen and oxygen atoms in total. The Morgan fingerprint density at radius 2 is 2.23 bits per heavy atom. The molecule has 1 aromatic carbocycles. The molecule has 0 atom stereocenters. The number of rotatable bonds is 0. The first-order valence-electron chi connectivity index (χ1n) is 3.90. The molecular weight excluding hydrogens is 184 g/mol. The van der Waals surface area contributed by atoms with Gasteiger partial charge < -0.3 is 4.98 Å². The van der Waals surface area contributed by atoms with E-state index in [1.54, 1.807) is 6.20 Å². The summed E-state index contributed by atoms with van der Waals surface area (Å²) in [5, 5.41) is 10.3. The summed E-state index contributed by atoms with van der Waals surface area (Å²) in [7, 11) is 0. The Hall–Kier alpha value is -1.46. The van der Waals surface area contributed by atoms with Gasteiger partial charge >= 0.3 is 0 Å². The molecule has 1 heterocycles. The van der Waals surface area contributed by atoms with E-state index < -0.39 is 0 Å². The zero-order valence-corrected chi connectivity index (χ0v) is 7.81. The van der Waals surface area contributed by atoms with Crippen molar-refractivity contribution in [3.05, 3.63) is 34.5 Å². The maximum absolute atomic E-state index is 8.81. The highest BCUT2D eigenvalue weighted by atomic mass is 35.5. The van der Waals surface area contributed by atoms with E-state index in [1.165, 1.54) is 0 Å². The lowest BCUT2D eigenvalue weighted by Crippen LogP contribution is -1.77. The van der Waals surface area contributed by atoms with E-state index in [4.69, 9.17) is 16.9 Å². The van der Waals surface area contributed by atoms with Crippen LogP contribution in [0.4, 0.5) is 0 Å². The van der Waals surface area contributed by atoms with Crippen LogP contribution >= 0.6 is 11.6 Å². The Morgan fingerprint density at radius 1 is 1.46 bits per heavy atom. The molecule has 2 aromatic rings. The van der Waals surface area contributed by atoms with Crippen molar-refractivity contribution in [1.82, 2.24) is 4.98 Å². The predicted octanol–water partition coefficient (Wildman–Crippen LogP) is 3.00. The molecule has 0 aliphatic rings. The summed E-state index contributed by atoms with van der Waals surface area (Å²) in [6, 6.07) is 5.85. The van der Waals surface area contributed by atoms with Gasteiger partial charge in [-0.2, -0.15) is 5.26 Å². The molecule has 3 heteroatoms. The Morgan fingerprint density at radius 3 is 2.92 bits per heavy atom. The minimum atomic E-state index is 0.601. The minimum Gasteiger partial charge on any atom is -0.360 e. The first-order valence-corrected chi connectivity index (χ1v) is 4.28. The molecular formula is C10H7ClN2. The second kappa shape index (κ2) is 2.79. The smallest absolute Gasteiger partial charge is 0.101 e. The molecule has 0 saturated heterocycles. The molecule has 0 radical (unpaired) electrons. The fraction of sp³-hybridized carbons (Fsp3) is 0.100. The molecule has 0 aliphatic carbocycles. The van der Waals surface area contributed by atoms with Crippen molar-refractivity contribution in [2.45, 2.75) is 6.92 Å². The third kappa shape index (κ3) is 1.09. The molecule has 1 aromatic heterocycles. The van der Waals surface area contributed by atoms with Crippen molar-refractivity contribution in [3.8, 4) is 6.07 Å². The number of fused-ring (bicyclic) bond motifs is 1. The number of nitrogens with zero attached hydrogens (tertiary/aromatic N) is 1. The summed E-state index contributed by atoms with van der Waals surface area (Å²) >= 11 is 5.98. The van der Waals surface area contributed by atoms with Gasteiger partial charge in [-0.25, -0.2) is 0 Å². The molecule has 0 spiro atoms. The summed E-state index contributed by atoms with van der Waals surface area (Å²) < 4.78 is 0. The largest absolute Gasteiger partial charge is 0.360 e. The number of halogens is 1. The molecule has 0 unspecified atom stereocenters. The maximum Gasteiger partial charge on any atom is 0.101 e. The number of nitrogens with one attached hydrogen (secondary N) is 1. The van der Waals surface area contributed by atoms with Crippen LogP contribution in [0.15, 0.2) is 18.3 Å². The van der Waals surface area contributed by atoms with Gasteiger partial charge in [-0.05, 0) is 18.6 Å². The molecule has 13 heavy (non-hydrogen) atoms. The van der Waals surface area contributed by atoms with Crippen LogP contribution in [0.5, 0.6) is 0 Å². The van der Waals surface area contributed by atoms with Crippen molar-refractivity contribution in [1.29, 1.82) is 5.26 Å². The van der Waals surface area contributed by atoms with Crippen LogP contribution in [-0.4, -0.2) is 4.98 Å². The fourth-order valence-corrected chi connectivity index (χ4v) is 1.69. The number of aryl methyl sites for hydroxylation is 1. The number of aromatic amines is 1. The number of H-pyrrole nitrogens is 1. The number of nitriles is 1. The summed E-state index contributed by atoms with van der Waals surface area (Å²) in [6.45, 7) is 1.98. The van der Waals surface area contributed by atoms with E-state index in [-0.39, 0.29) is 0 Å². The maximum atomic E-state index is 8.81. The summed E-state index contributed by atoms with van der Waals surface area (Å²) in [5.74, 6) is 0. The second-order valence-electron chi connectivity index (χ2n) is 2.93. The molecule has 0 amide bonds.